The first-order valence-corrected chi connectivity index (χ1v) is 6.48. The monoisotopic (exact) mass is 272 g/mol. The van der Waals surface area contributed by atoms with Gasteiger partial charge in [0.15, 0.2) is 0 Å². The van der Waals surface area contributed by atoms with E-state index in [1.165, 1.54) is 0 Å². The van der Waals surface area contributed by atoms with Crippen molar-refractivity contribution in [3.8, 4) is 0 Å². The predicted molar refractivity (Wildman–Crippen MR) is 69.6 cm³/mol. The minimum Gasteiger partial charge on any atom is -0.550 e. The molecule has 5 heteroatoms. The summed E-state index contributed by atoms with van der Waals surface area (Å²) in [5, 5.41) is 13.9. The largest absolute Gasteiger partial charge is 0.550 e. The fourth-order valence-electron chi connectivity index (χ4n) is 2.76. The SMILES string of the molecule is Cc1ccc(NC(=O)[C@@H]2[C@@H](C(=O)[O-])[C@H]3C=C[C@@H]2O3)cc1. The lowest BCUT2D eigenvalue weighted by Gasteiger charge is -2.24. The van der Waals surface area contributed by atoms with E-state index in [2.05, 4.69) is 5.32 Å². The Morgan fingerprint density at radius 3 is 2.30 bits per heavy atom. The second kappa shape index (κ2) is 4.76. The van der Waals surface area contributed by atoms with Crippen LogP contribution in [0.25, 0.3) is 0 Å². The van der Waals surface area contributed by atoms with Crippen molar-refractivity contribution in [2.75, 3.05) is 5.32 Å². The fraction of sp³-hybridized carbons (Fsp3) is 0.333. The van der Waals surface area contributed by atoms with Gasteiger partial charge in [-0.15, -0.1) is 0 Å². The summed E-state index contributed by atoms with van der Waals surface area (Å²) < 4.78 is 5.44. The van der Waals surface area contributed by atoms with Crippen LogP contribution in [-0.4, -0.2) is 24.1 Å². The Morgan fingerprint density at radius 2 is 1.70 bits per heavy atom. The second-order valence-electron chi connectivity index (χ2n) is 5.18. The number of benzene rings is 1. The Labute approximate surface area is 116 Å². The number of carbonyl (C=O) groups excluding carboxylic acids is 2. The number of carbonyl (C=O) groups is 2. The topological polar surface area (TPSA) is 78.5 Å². The summed E-state index contributed by atoms with van der Waals surface area (Å²) >= 11 is 0. The first-order valence-electron chi connectivity index (χ1n) is 6.48. The molecule has 2 aliphatic rings. The average Bonchev–Trinajstić information content (AvgIpc) is 3.01. The molecule has 5 nitrogen and oxygen atoms in total. The summed E-state index contributed by atoms with van der Waals surface area (Å²) in [5.74, 6) is -3.25. The number of amides is 1. The van der Waals surface area contributed by atoms with Crippen LogP contribution in [0.15, 0.2) is 36.4 Å². The van der Waals surface area contributed by atoms with Crippen molar-refractivity contribution in [2.24, 2.45) is 11.8 Å². The summed E-state index contributed by atoms with van der Waals surface area (Å²) in [7, 11) is 0. The number of carboxylic acid groups (broad SMARTS) is 1. The molecule has 1 N–H and O–H groups in total. The number of carboxylic acids is 1. The third-order valence-corrected chi connectivity index (χ3v) is 3.79. The smallest absolute Gasteiger partial charge is 0.231 e. The van der Waals surface area contributed by atoms with Gasteiger partial charge in [-0.3, -0.25) is 4.79 Å². The Morgan fingerprint density at radius 1 is 1.10 bits per heavy atom. The lowest BCUT2D eigenvalue weighted by atomic mass is 9.82. The molecule has 3 rings (SSSR count). The molecule has 0 saturated carbocycles. The van der Waals surface area contributed by atoms with Crippen molar-refractivity contribution in [3.05, 3.63) is 42.0 Å². The van der Waals surface area contributed by atoms with Crippen LogP contribution in [0.3, 0.4) is 0 Å². The molecule has 2 heterocycles. The van der Waals surface area contributed by atoms with E-state index in [0.717, 1.165) is 5.56 Å². The molecule has 1 aromatic carbocycles. The van der Waals surface area contributed by atoms with E-state index in [1.807, 2.05) is 19.1 Å². The third-order valence-electron chi connectivity index (χ3n) is 3.79. The second-order valence-corrected chi connectivity index (χ2v) is 5.18. The fourth-order valence-corrected chi connectivity index (χ4v) is 2.76. The number of hydrogen-bond acceptors (Lipinski definition) is 4. The number of anilines is 1. The van der Waals surface area contributed by atoms with E-state index in [-0.39, 0.29) is 5.91 Å². The maximum Gasteiger partial charge on any atom is 0.231 e. The molecule has 0 aromatic heterocycles. The third kappa shape index (κ3) is 2.10. The van der Waals surface area contributed by atoms with Gasteiger partial charge in [0.2, 0.25) is 5.91 Å². The molecule has 2 aliphatic heterocycles. The minimum absolute atomic E-state index is 0.347. The van der Waals surface area contributed by atoms with Crippen molar-refractivity contribution in [2.45, 2.75) is 19.1 Å². The lowest BCUT2D eigenvalue weighted by Crippen LogP contribution is -2.45. The summed E-state index contributed by atoms with van der Waals surface area (Å²) in [4.78, 5) is 23.5. The van der Waals surface area contributed by atoms with Gasteiger partial charge in [0.25, 0.3) is 0 Å². The van der Waals surface area contributed by atoms with Gasteiger partial charge in [0.1, 0.15) is 0 Å². The molecule has 1 fully saturated rings. The summed E-state index contributed by atoms with van der Waals surface area (Å²) in [6.45, 7) is 1.95. The normalized spacial score (nSPS) is 30.4. The Balaban J connectivity index is 1.78. The first-order chi connectivity index (χ1) is 9.56. The number of aliphatic carboxylic acids is 1. The molecule has 20 heavy (non-hydrogen) atoms. The molecule has 1 saturated heterocycles. The number of rotatable bonds is 3. The molecule has 104 valence electrons. The predicted octanol–water partition coefficient (Wildman–Crippen LogP) is 0.253. The highest BCUT2D eigenvalue weighted by Crippen LogP contribution is 2.39. The van der Waals surface area contributed by atoms with E-state index >= 15 is 0 Å². The van der Waals surface area contributed by atoms with E-state index in [9.17, 15) is 14.7 Å². The molecular formula is C15H14NO4-. The van der Waals surface area contributed by atoms with Crippen LogP contribution in [0.5, 0.6) is 0 Å². The zero-order chi connectivity index (χ0) is 14.3. The zero-order valence-corrected chi connectivity index (χ0v) is 10.9. The first kappa shape index (κ1) is 12.9. The lowest BCUT2D eigenvalue weighted by molar-refractivity contribution is -0.313. The molecule has 0 unspecified atom stereocenters. The summed E-state index contributed by atoms with van der Waals surface area (Å²) in [6.07, 6.45) is 2.39. The van der Waals surface area contributed by atoms with E-state index < -0.39 is 30.0 Å². The number of ether oxygens (including phenoxy) is 1. The van der Waals surface area contributed by atoms with Gasteiger partial charge in [0.05, 0.1) is 18.1 Å². The molecule has 0 aliphatic carbocycles. The van der Waals surface area contributed by atoms with Crippen LogP contribution in [0.2, 0.25) is 0 Å². The standard InChI is InChI=1S/C15H15NO4/c1-8-2-4-9(5-3-8)16-14(17)12-10-6-7-11(20-10)13(12)15(18)19/h2-7,10-13H,1H3,(H,16,17)(H,18,19)/p-1/t10-,11+,12-,13-/m0/s1. The van der Waals surface area contributed by atoms with Crippen LogP contribution < -0.4 is 10.4 Å². The highest BCUT2D eigenvalue weighted by molar-refractivity contribution is 5.96. The molecule has 0 radical (unpaired) electrons. The van der Waals surface area contributed by atoms with Crippen molar-refractivity contribution in [1.29, 1.82) is 0 Å². The maximum atomic E-state index is 12.3. The highest BCUT2D eigenvalue weighted by atomic mass is 16.5. The number of hydrogen-bond donors (Lipinski definition) is 1. The average molecular weight is 272 g/mol. The molecule has 0 spiro atoms. The molecule has 1 aromatic rings. The van der Waals surface area contributed by atoms with Crippen LogP contribution in [0.1, 0.15) is 5.56 Å². The summed E-state index contributed by atoms with van der Waals surface area (Å²) in [5.41, 5.74) is 1.73. The van der Waals surface area contributed by atoms with E-state index in [4.69, 9.17) is 4.74 Å². The minimum atomic E-state index is -1.24. The number of fused-ring (bicyclic) bond motifs is 2. The molecular weight excluding hydrogens is 258 g/mol. The number of aryl methyl sites for hydroxylation is 1. The van der Waals surface area contributed by atoms with Crippen molar-refractivity contribution < 1.29 is 19.4 Å². The van der Waals surface area contributed by atoms with Gasteiger partial charge in [-0.25, -0.2) is 0 Å². The van der Waals surface area contributed by atoms with Crippen LogP contribution in [0.4, 0.5) is 5.69 Å². The van der Waals surface area contributed by atoms with Crippen LogP contribution in [-0.2, 0) is 14.3 Å². The van der Waals surface area contributed by atoms with Gasteiger partial charge >= 0.3 is 0 Å². The quantitative estimate of drug-likeness (QED) is 0.800. The van der Waals surface area contributed by atoms with Gasteiger partial charge < -0.3 is 20.0 Å². The summed E-state index contributed by atoms with van der Waals surface area (Å²) in [6, 6.07) is 7.32. The van der Waals surface area contributed by atoms with Crippen LogP contribution >= 0.6 is 0 Å². The Kier molecular flexibility index (Phi) is 3.06. The van der Waals surface area contributed by atoms with Crippen LogP contribution in [0, 0.1) is 18.8 Å². The Bertz CT molecular complexity index is 578. The van der Waals surface area contributed by atoms with Gasteiger partial charge in [0, 0.05) is 17.6 Å². The number of nitrogens with one attached hydrogen (secondary N) is 1. The molecule has 4 atom stereocenters. The van der Waals surface area contributed by atoms with Crippen molar-refractivity contribution >= 4 is 17.6 Å². The van der Waals surface area contributed by atoms with Gasteiger partial charge in [-0.05, 0) is 19.1 Å². The zero-order valence-electron chi connectivity index (χ0n) is 10.9. The van der Waals surface area contributed by atoms with Crippen molar-refractivity contribution in [1.82, 2.24) is 0 Å². The van der Waals surface area contributed by atoms with E-state index in [1.54, 1.807) is 24.3 Å². The molecule has 1 amide bonds. The van der Waals surface area contributed by atoms with Crippen molar-refractivity contribution in [3.63, 3.8) is 0 Å². The van der Waals surface area contributed by atoms with E-state index in [0.29, 0.717) is 5.69 Å². The van der Waals surface area contributed by atoms with Gasteiger partial charge in [-0.2, -0.15) is 0 Å². The highest BCUT2D eigenvalue weighted by Gasteiger charge is 2.50. The molecule has 2 bridgehead atoms. The Hall–Kier alpha value is -2.14. The maximum absolute atomic E-state index is 12.3. The van der Waals surface area contributed by atoms with Gasteiger partial charge in [-0.1, -0.05) is 29.8 Å².